The lowest BCUT2D eigenvalue weighted by molar-refractivity contribution is -0.163. The Morgan fingerprint density at radius 2 is 1.56 bits per heavy atom. The SMILES string of the molecule is CCN(C(=O)C(=O)N(C)[C@](CCN1CCC2(CC1)NC(=O)Cc1ccccc12)(CN(C)C(=O)CC(F)(F)F)c1ccc(Cl)c(Cl)c1)c1ccccc1. The Morgan fingerprint density at radius 1 is 0.904 bits per heavy atom. The number of anilines is 1. The predicted octanol–water partition coefficient (Wildman–Crippen LogP) is 6.16. The van der Waals surface area contributed by atoms with Crippen LogP contribution in [0.5, 0.6) is 0 Å². The van der Waals surface area contributed by atoms with Crippen molar-refractivity contribution in [3.8, 4) is 0 Å². The first-order valence-corrected chi connectivity index (χ1v) is 17.9. The largest absolute Gasteiger partial charge is 0.397 e. The molecule has 1 fully saturated rings. The number of nitrogens with zero attached hydrogens (tertiary/aromatic N) is 4. The van der Waals surface area contributed by atoms with Crippen LogP contribution in [-0.2, 0) is 36.7 Å². The van der Waals surface area contributed by atoms with Gasteiger partial charge < -0.3 is 24.9 Å². The summed E-state index contributed by atoms with van der Waals surface area (Å²) in [7, 11) is 2.67. The van der Waals surface area contributed by atoms with Crippen LogP contribution in [0.2, 0.25) is 10.0 Å². The first kappa shape index (κ1) is 39.1. The van der Waals surface area contributed by atoms with Crippen molar-refractivity contribution in [2.75, 3.05) is 51.7 Å². The number of benzene rings is 3. The van der Waals surface area contributed by atoms with Gasteiger partial charge in [0, 0.05) is 52.5 Å². The summed E-state index contributed by atoms with van der Waals surface area (Å²) in [5, 5.41) is 3.57. The smallest absolute Gasteiger partial charge is 0.346 e. The fourth-order valence-electron chi connectivity index (χ4n) is 7.45. The van der Waals surface area contributed by atoms with Crippen molar-refractivity contribution in [2.45, 2.75) is 56.3 Å². The fourth-order valence-corrected chi connectivity index (χ4v) is 7.75. The summed E-state index contributed by atoms with van der Waals surface area (Å²) in [6.45, 7) is 2.96. The fraction of sp³-hybridized carbons (Fsp3) is 0.421. The molecule has 0 bridgehead atoms. The van der Waals surface area contributed by atoms with Crippen molar-refractivity contribution in [3.05, 3.63) is 99.5 Å². The first-order valence-electron chi connectivity index (χ1n) is 17.1. The van der Waals surface area contributed by atoms with E-state index in [1.165, 1.54) is 36.0 Å². The number of hydrogen-bond acceptors (Lipinski definition) is 5. The van der Waals surface area contributed by atoms with Crippen molar-refractivity contribution in [2.24, 2.45) is 0 Å². The molecular formula is C38H42Cl2F3N5O4. The molecule has 0 aliphatic carbocycles. The molecule has 52 heavy (non-hydrogen) atoms. The molecule has 2 aliphatic heterocycles. The molecule has 1 atom stereocenters. The Morgan fingerprint density at radius 3 is 2.19 bits per heavy atom. The van der Waals surface area contributed by atoms with Gasteiger partial charge in [0.25, 0.3) is 0 Å². The molecule has 2 aliphatic rings. The third-order valence-corrected chi connectivity index (χ3v) is 11.0. The number of hydrogen-bond donors (Lipinski definition) is 1. The number of amides is 4. The zero-order chi connectivity index (χ0) is 37.8. The maximum Gasteiger partial charge on any atom is 0.397 e. The molecule has 3 aromatic carbocycles. The molecule has 1 spiro atoms. The molecule has 1 saturated heterocycles. The average Bonchev–Trinajstić information content (AvgIpc) is 3.11. The number of alkyl halides is 3. The van der Waals surface area contributed by atoms with E-state index in [-0.39, 0.29) is 35.5 Å². The Balaban J connectivity index is 1.50. The van der Waals surface area contributed by atoms with Gasteiger partial charge >= 0.3 is 18.0 Å². The van der Waals surface area contributed by atoms with Crippen LogP contribution in [0.15, 0.2) is 72.8 Å². The first-order chi connectivity index (χ1) is 24.6. The summed E-state index contributed by atoms with van der Waals surface area (Å²) < 4.78 is 40.3. The van der Waals surface area contributed by atoms with Crippen LogP contribution in [0, 0.1) is 0 Å². The standard InChI is InChI=1S/C38H42Cl2F3N5O4/c1-4-48(28-11-6-5-7-12-28)35(52)34(51)46(3)37(27-14-15-30(39)31(40)23-27,25-45(2)33(50)24-38(41,42)43)18-21-47-19-16-36(17-20-47)29-13-9-8-10-26(29)22-32(49)44-36/h5-15,23H,4,16-22,24-25H2,1-3H3,(H,44,49)/t37-/m1/s1. The van der Waals surface area contributed by atoms with Gasteiger partial charge in [0.15, 0.2) is 0 Å². The number of likely N-dealkylation sites (N-methyl/N-ethyl adjacent to an activating group) is 3. The van der Waals surface area contributed by atoms with E-state index in [2.05, 4.69) is 10.2 Å². The summed E-state index contributed by atoms with van der Waals surface area (Å²) >= 11 is 12.8. The van der Waals surface area contributed by atoms with Gasteiger partial charge in [0.05, 0.1) is 27.5 Å². The predicted molar refractivity (Wildman–Crippen MR) is 194 cm³/mol. The summed E-state index contributed by atoms with van der Waals surface area (Å²) in [6.07, 6.45) is -4.82. The Kier molecular flexibility index (Phi) is 11.9. The number of rotatable bonds is 10. The lowest BCUT2D eigenvalue weighted by atomic mass is 9.75. The quantitative estimate of drug-likeness (QED) is 0.250. The molecule has 1 N–H and O–H groups in total. The maximum absolute atomic E-state index is 14.3. The third-order valence-electron chi connectivity index (χ3n) is 10.3. The lowest BCUT2D eigenvalue weighted by Gasteiger charge is -2.48. The summed E-state index contributed by atoms with van der Waals surface area (Å²) in [6, 6.07) is 21.2. The second-order valence-corrected chi connectivity index (χ2v) is 14.3. The molecule has 0 aromatic heterocycles. The van der Waals surface area contributed by atoms with Gasteiger partial charge in [-0.25, -0.2) is 0 Å². The van der Waals surface area contributed by atoms with Crippen molar-refractivity contribution >= 4 is 52.5 Å². The number of likely N-dealkylation sites (tertiary alicyclic amines) is 1. The van der Waals surface area contributed by atoms with E-state index in [0.29, 0.717) is 50.1 Å². The highest BCUT2D eigenvalue weighted by molar-refractivity contribution is 6.42. The number of halogens is 5. The highest BCUT2D eigenvalue weighted by atomic mass is 35.5. The monoisotopic (exact) mass is 759 g/mol. The van der Waals surface area contributed by atoms with E-state index in [9.17, 15) is 32.3 Å². The number of carbonyl (C=O) groups is 4. The average molecular weight is 761 g/mol. The van der Waals surface area contributed by atoms with Crippen LogP contribution < -0.4 is 10.2 Å². The molecule has 278 valence electrons. The van der Waals surface area contributed by atoms with Crippen LogP contribution in [0.25, 0.3) is 0 Å². The van der Waals surface area contributed by atoms with E-state index in [0.717, 1.165) is 16.0 Å². The van der Waals surface area contributed by atoms with Gasteiger partial charge in [-0.3, -0.25) is 19.2 Å². The highest BCUT2D eigenvalue weighted by Gasteiger charge is 2.46. The number of fused-ring (bicyclic) bond motifs is 2. The molecule has 3 aromatic rings. The Labute approximate surface area is 311 Å². The molecule has 14 heteroatoms. The van der Waals surface area contributed by atoms with Crippen LogP contribution in [0.3, 0.4) is 0 Å². The molecule has 0 saturated carbocycles. The zero-order valence-electron chi connectivity index (χ0n) is 29.3. The number of nitrogens with one attached hydrogen (secondary N) is 1. The van der Waals surface area contributed by atoms with Crippen LogP contribution in [-0.4, -0.2) is 91.3 Å². The lowest BCUT2D eigenvalue weighted by Crippen LogP contribution is -2.59. The second-order valence-electron chi connectivity index (χ2n) is 13.5. The molecule has 0 radical (unpaired) electrons. The summed E-state index contributed by atoms with van der Waals surface area (Å²) in [4.78, 5) is 59.6. The van der Waals surface area contributed by atoms with E-state index in [4.69, 9.17) is 23.2 Å². The Hall–Kier alpha value is -4.13. The number of piperidine rings is 1. The van der Waals surface area contributed by atoms with E-state index >= 15 is 0 Å². The van der Waals surface area contributed by atoms with Gasteiger partial charge in [-0.15, -0.1) is 0 Å². The third kappa shape index (κ3) is 8.40. The summed E-state index contributed by atoms with van der Waals surface area (Å²) in [5.41, 5.74) is 0.898. The minimum atomic E-state index is -4.76. The summed E-state index contributed by atoms with van der Waals surface area (Å²) in [5.74, 6) is -3.02. The molecule has 5 rings (SSSR count). The van der Waals surface area contributed by atoms with Crippen molar-refractivity contribution in [1.82, 2.24) is 20.0 Å². The number of carbonyl (C=O) groups excluding carboxylic acids is 4. The zero-order valence-corrected chi connectivity index (χ0v) is 30.8. The van der Waals surface area contributed by atoms with Gasteiger partial charge in [-0.05, 0) is 67.1 Å². The van der Waals surface area contributed by atoms with Crippen molar-refractivity contribution in [3.63, 3.8) is 0 Å². The maximum atomic E-state index is 14.3. The normalized spacial score (nSPS) is 16.7. The topological polar surface area (TPSA) is 93.3 Å². The minimum absolute atomic E-state index is 0.0428. The van der Waals surface area contributed by atoms with E-state index in [1.807, 2.05) is 24.3 Å². The van der Waals surface area contributed by atoms with Gasteiger partial charge in [-0.1, -0.05) is 71.7 Å². The molecule has 4 amide bonds. The molecule has 9 nitrogen and oxygen atoms in total. The van der Waals surface area contributed by atoms with E-state index in [1.54, 1.807) is 43.3 Å². The van der Waals surface area contributed by atoms with Gasteiger partial charge in [-0.2, -0.15) is 13.2 Å². The second kappa shape index (κ2) is 15.9. The molecule has 0 unspecified atom stereocenters. The van der Waals surface area contributed by atoms with Crippen LogP contribution in [0.4, 0.5) is 18.9 Å². The molecule has 2 heterocycles. The van der Waals surface area contributed by atoms with Crippen LogP contribution >= 0.6 is 23.2 Å². The number of para-hydroxylation sites is 1. The van der Waals surface area contributed by atoms with Gasteiger partial charge in [0.1, 0.15) is 6.42 Å². The van der Waals surface area contributed by atoms with Gasteiger partial charge in [0.2, 0.25) is 11.8 Å². The van der Waals surface area contributed by atoms with Crippen molar-refractivity contribution < 1.29 is 32.3 Å². The van der Waals surface area contributed by atoms with Crippen LogP contribution in [0.1, 0.15) is 49.3 Å². The Bertz CT molecular complexity index is 1800. The van der Waals surface area contributed by atoms with Crippen molar-refractivity contribution in [1.29, 1.82) is 0 Å². The highest BCUT2D eigenvalue weighted by Crippen LogP contribution is 2.40. The minimum Gasteiger partial charge on any atom is -0.346 e. The van der Waals surface area contributed by atoms with E-state index < -0.39 is 41.4 Å². The molecular weight excluding hydrogens is 718 g/mol.